The number of carbonyl (C=O) groups is 1. The van der Waals surface area contributed by atoms with Gasteiger partial charge in [0.1, 0.15) is 5.01 Å². The zero-order chi connectivity index (χ0) is 16.3. The average Bonchev–Trinajstić information content (AvgIpc) is 3.01. The van der Waals surface area contributed by atoms with Crippen molar-refractivity contribution in [2.24, 2.45) is 0 Å². The summed E-state index contributed by atoms with van der Waals surface area (Å²) in [4.78, 5) is 22.0. The summed E-state index contributed by atoms with van der Waals surface area (Å²) in [5.74, 6) is 0. The standard InChI is InChI=1S/C15H22N4OS2/c1-9-10(2)22-12(18-9)7-17-14(20)16-6-11-8-21-13(19-11)15(3,4)5/h8H,6-7H2,1-5H3,(H2,16,17,20). The van der Waals surface area contributed by atoms with Gasteiger partial charge in [-0.3, -0.25) is 0 Å². The van der Waals surface area contributed by atoms with Gasteiger partial charge in [0.05, 0.1) is 29.5 Å². The molecule has 0 saturated carbocycles. The second kappa shape index (κ2) is 6.75. The van der Waals surface area contributed by atoms with Gasteiger partial charge in [-0.25, -0.2) is 14.8 Å². The fourth-order valence-electron chi connectivity index (χ4n) is 1.74. The molecular weight excluding hydrogens is 316 g/mol. The van der Waals surface area contributed by atoms with E-state index in [-0.39, 0.29) is 11.4 Å². The predicted molar refractivity (Wildman–Crippen MR) is 91.5 cm³/mol. The third-order valence-corrected chi connectivity index (χ3v) is 5.49. The van der Waals surface area contributed by atoms with Crippen molar-refractivity contribution in [1.82, 2.24) is 20.6 Å². The third kappa shape index (κ3) is 4.51. The van der Waals surface area contributed by atoms with Crippen molar-refractivity contribution in [3.63, 3.8) is 0 Å². The van der Waals surface area contributed by atoms with Crippen molar-refractivity contribution in [2.45, 2.75) is 53.1 Å². The maximum atomic E-state index is 11.8. The van der Waals surface area contributed by atoms with Gasteiger partial charge < -0.3 is 10.6 Å². The van der Waals surface area contributed by atoms with E-state index in [1.54, 1.807) is 22.7 Å². The number of aryl methyl sites for hydroxylation is 2. The van der Waals surface area contributed by atoms with E-state index in [1.165, 1.54) is 4.88 Å². The molecule has 0 aromatic carbocycles. The van der Waals surface area contributed by atoms with Gasteiger partial charge in [0, 0.05) is 15.7 Å². The van der Waals surface area contributed by atoms with Crippen LogP contribution in [-0.4, -0.2) is 16.0 Å². The summed E-state index contributed by atoms with van der Waals surface area (Å²) < 4.78 is 0. The lowest BCUT2D eigenvalue weighted by Crippen LogP contribution is -2.34. The Hall–Kier alpha value is -1.47. The van der Waals surface area contributed by atoms with Crippen molar-refractivity contribution in [1.29, 1.82) is 0 Å². The summed E-state index contributed by atoms with van der Waals surface area (Å²) in [5, 5.41) is 9.65. The van der Waals surface area contributed by atoms with E-state index in [0.29, 0.717) is 13.1 Å². The van der Waals surface area contributed by atoms with Crippen LogP contribution in [0, 0.1) is 13.8 Å². The Labute approximate surface area is 139 Å². The second-order valence-corrected chi connectivity index (χ2v) is 8.33. The molecule has 7 heteroatoms. The molecule has 2 amide bonds. The first-order valence-electron chi connectivity index (χ1n) is 7.15. The van der Waals surface area contributed by atoms with Crippen LogP contribution in [0.5, 0.6) is 0 Å². The molecule has 120 valence electrons. The predicted octanol–water partition coefficient (Wildman–Crippen LogP) is 3.51. The Morgan fingerprint density at radius 2 is 1.86 bits per heavy atom. The number of hydrogen-bond donors (Lipinski definition) is 2. The number of nitrogens with zero attached hydrogens (tertiary/aromatic N) is 2. The summed E-state index contributed by atoms with van der Waals surface area (Å²) in [5.41, 5.74) is 1.97. The van der Waals surface area contributed by atoms with Crippen LogP contribution in [0.2, 0.25) is 0 Å². The van der Waals surface area contributed by atoms with Crippen LogP contribution in [0.25, 0.3) is 0 Å². The smallest absolute Gasteiger partial charge is 0.315 e. The molecule has 0 saturated heterocycles. The molecule has 2 heterocycles. The van der Waals surface area contributed by atoms with Crippen LogP contribution >= 0.6 is 22.7 Å². The first kappa shape index (κ1) is 16.9. The Balaban J connectivity index is 1.79. The Bertz CT molecular complexity index is 635. The van der Waals surface area contributed by atoms with Crippen molar-refractivity contribution in [2.75, 3.05) is 0 Å². The first-order chi connectivity index (χ1) is 10.3. The zero-order valence-electron chi connectivity index (χ0n) is 13.6. The van der Waals surface area contributed by atoms with E-state index >= 15 is 0 Å². The molecule has 22 heavy (non-hydrogen) atoms. The molecule has 0 unspecified atom stereocenters. The van der Waals surface area contributed by atoms with Gasteiger partial charge in [0.25, 0.3) is 0 Å². The lowest BCUT2D eigenvalue weighted by Gasteiger charge is -2.13. The highest BCUT2D eigenvalue weighted by atomic mass is 32.1. The van der Waals surface area contributed by atoms with E-state index in [1.807, 2.05) is 19.2 Å². The summed E-state index contributed by atoms with van der Waals surface area (Å²) >= 11 is 3.24. The molecule has 5 nitrogen and oxygen atoms in total. The minimum atomic E-state index is -0.198. The molecule has 0 spiro atoms. The number of rotatable bonds is 4. The minimum Gasteiger partial charge on any atom is -0.332 e. The summed E-state index contributed by atoms with van der Waals surface area (Å²) in [6.45, 7) is 11.3. The molecular formula is C15H22N4OS2. The highest BCUT2D eigenvalue weighted by Crippen LogP contribution is 2.25. The molecule has 2 N–H and O–H groups in total. The fraction of sp³-hybridized carbons (Fsp3) is 0.533. The molecule has 0 aliphatic carbocycles. The molecule has 2 aromatic rings. The molecule has 0 aliphatic rings. The van der Waals surface area contributed by atoms with Crippen molar-refractivity contribution in [3.05, 3.63) is 31.7 Å². The van der Waals surface area contributed by atoms with Gasteiger partial charge >= 0.3 is 6.03 Å². The molecule has 2 aromatic heterocycles. The Kier molecular flexibility index (Phi) is 5.18. The highest BCUT2D eigenvalue weighted by molar-refractivity contribution is 7.11. The van der Waals surface area contributed by atoms with E-state index < -0.39 is 0 Å². The van der Waals surface area contributed by atoms with Crippen LogP contribution in [0.4, 0.5) is 4.79 Å². The Morgan fingerprint density at radius 3 is 2.41 bits per heavy atom. The van der Waals surface area contributed by atoms with Gasteiger partial charge in [0.2, 0.25) is 0 Å². The van der Waals surface area contributed by atoms with Crippen LogP contribution in [0.15, 0.2) is 5.38 Å². The van der Waals surface area contributed by atoms with E-state index in [2.05, 4.69) is 41.4 Å². The van der Waals surface area contributed by atoms with E-state index in [4.69, 9.17) is 0 Å². The number of thiazole rings is 2. The van der Waals surface area contributed by atoms with Crippen molar-refractivity contribution in [3.8, 4) is 0 Å². The zero-order valence-corrected chi connectivity index (χ0v) is 15.2. The summed E-state index contributed by atoms with van der Waals surface area (Å²) in [7, 11) is 0. The quantitative estimate of drug-likeness (QED) is 0.896. The van der Waals surface area contributed by atoms with Crippen LogP contribution in [-0.2, 0) is 18.5 Å². The average molecular weight is 339 g/mol. The lowest BCUT2D eigenvalue weighted by atomic mass is 9.98. The van der Waals surface area contributed by atoms with Crippen LogP contribution < -0.4 is 10.6 Å². The number of nitrogens with one attached hydrogen (secondary N) is 2. The monoisotopic (exact) mass is 338 g/mol. The van der Waals surface area contributed by atoms with E-state index in [9.17, 15) is 4.79 Å². The summed E-state index contributed by atoms with van der Waals surface area (Å²) in [6, 6.07) is -0.198. The van der Waals surface area contributed by atoms with Gasteiger partial charge in [-0.1, -0.05) is 20.8 Å². The van der Waals surface area contributed by atoms with Gasteiger partial charge in [-0.15, -0.1) is 22.7 Å². The lowest BCUT2D eigenvalue weighted by molar-refractivity contribution is 0.240. The highest BCUT2D eigenvalue weighted by Gasteiger charge is 2.18. The maximum Gasteiger partial charge on any atom is 0.315 e. The molecule has 0 atom stereocenters. The first-order valence-corrected chi connectivity index (χ1v) is 8.85. The number of amides is 2. The normalized spacial score (nSPS) is 11.5. The SMILES string of the molecule is Cc1nc(CNC(=O)NCc2csc(C(C)(C)C)n2)sc1C. The number of aromatic nitrogens is 2. The van der Waals surface area contributed by atoms with E-state index in [0.717, 1.165) is 21.4 Å². The van der Waals surface area contributed by atoms with Gasteiger partial charge in [-0.05, 0) is 13.8 Å². The molecule has 0 radical (unpaired) electrons. The molecule has 0 bridgehead atoms. The minimum absolute atomic E-state index is 0.0474. The summed E-state index contributed by atoms with van der Waals surface area (Å²) in [6.07, 6.45) is 0. The third-order valence-electron chi connectivity index (χ3n) is 3.10. The van der Waals surface area contributed by atoms with Crippen LogP contribution in [0.3, 0.4) is 0 Å². The van der Waals surface area contributed by atoms with Gasteiger partial charge in [-0.2, -0.15) is 0 Å². The number of hydrogen-bond acceptors (Lipinski definition) is 5. The van der Waals surface area contributed by atoms with Crippen LogP contribution in [0.1, 0.15) is 47.1 Å². The molecule has 0 fully saturated rings. The van der Waals surface area contributed by atoms with Crippen molar-refractivity contribution < 1.29 is 4.79 Å². The number of urea groups is 1. The molecule has 2 rings (SSSR count). The maximum absolute atomic E-state index is 11.8. The topological polar surface area (TPSA) is 66.9 Å². The van der Waals surface area contributed by atoms with Gasteiger partial charge in [0.15, 0.2) is 0 Å². The number of carbonyl (C=O) groups excluding carboxylic acids is 1. The van der Waals surface area contributed by atoms with Crippen molar-refractivity contribution >= 4 is 28.7 Å². The second-order valence-electron chi connectivity index (χ2n) is 6.18. The molecule has 0 aliphatic heterocycles. The Morgan fingerprint density at radius 1 is 1.18 bits per heavy atom. The largest absolute Gasteiger partial charge is 0.332 e. The fourth-order valence-corrected chi connectivity index (χ4v) is 3.52.